The van der Waals surface area contributed by atoms with Crippen LogP contribution in [-0.4, -0.2) is 34.7 Å². The molecular formula is C18H29N3O2. The molecule has 5 heteroatoms. The zero-order chi connectivity index (χ0) is 16.9. The topological polar surface area (TPSA) is 54.5 Å². The molecule has 0 spiro atoms. The zero-order valence-electron chi connectivity index (χ0n) is 14.8. The Kier molecular flexibility index (Phi) is 5.85. The van der Waals surface area contributed by atoms with Gasteiger partial charge in [0, 0.05) is 24.8 Å². The Labute approximate surface area is 139 Å². The quantitative estimate of drug-likeness (QED) is 0.895. The summed E-state index contributed by atoms with van der Waals surface area (Å²) in [5, 5.41) is 3.38. The lowest BCUT2D eigenvalue weighted by molar-refractivity contribution is 0.00957. The van der Waals surface area contributed by atoms with Crippen molar-refractivity contribution in [2.45, 2.75) is 65.0 Å². The van der Waals surface area contributed by atoms with E-state index >= 15 is 0 Å². The van der Waals surface area contributed by atoms with E-state index in [1.807, 2.05) is 31.7 Å². The van der Waals surface area contributed by atoms with E-state index in [4.69, 9.17) is 4.74 Å². The molecule has 0 unspecified atom stereocenters. The molecular weight excluding hydrogens is 290 g/mol. The van der Waals surface area contributed by atoms with Gasteiger partial charge in [-0.05, 0) is 52.5 Å². The number of nitrogens with zero attached hydrogens (tertiary/aromatic N) is 2. The number of hydrogen-bond acceptors (Lipinski definition) is 4. The third kappa shape index (κ3) is 4.85. The molecule has 2 rings (SSSR count). The summed E-state index contributed by atoms with van der Waals surface area (Å²) < 4.78 is 5.60. The Bertz CT molecular complexity index is 525. The smallest absolute Gasteiger partial charge is 0.410 e. The van der Waals surface area contributed by atoms with Crippen LogP contribution in [0.2, 0.25) is 0 Å². The number of rotatable bonds is 4. The SMILES string of the molecule is CCCNc1ncccc1[C@@H]1CCCCN1C(=O)OC(C)(C)C. The summed E-state index contributed by atoms with van der Waals surface area (Å²) in [5.41, 5.74) is 0.614. The second-order valence-electron chi connectivity index (χ2n) is 7.05. The van der Waals surface area contributed by atoms with E-state index in [0.29, 0.717) is 0 Å². The van der Waals surface area contributed by atoms with Crippen molar-refractivity contribution in [1.82, 2.24) is 9.88 Å². The molecule has 1 aliphatic heterocycles. The average Bonchev–Trinajstić information content (AvgIpc) is 2.51. The lowest BCUT2D eigenvalue weighted by Crippen LogP contribution is -2.42. The Balaban J connectivity index is 2.23. The van der Waals surface area contributed by atoms with Crippen molar-refractivity contribution in [2.24, 2.45) is 0 Å². The van der Waals surface area contributed by atoms with E-state index in [9.17, 15) is 4.79 Å². The first-order chi connectivity index (χ1) is 10.9. The molecule has 1 N–H and O–H groups in total. The molecule has 2 heterocycles. The molecule has 1 atom stereocenters. The van der Waals surface area contributed by atoms with Crippen LogP contribution in [0.15, 0.2) is 18.3 Å². The molecule has 5 nitrogen and oxygen atoms in total. The molecule has 23 heavy (non-hydrogen) atoms. The Hall–Kier alpha value is -1.78. The van der Waals surface area contributed by atoms with Crippen LogP contribution in [0, 0.1) is 0 Å². The molecule has 0 bridgehead atoms. The van der Waals surface area contributed by atoms with Crippen LogP contribution >= 0.6 is 0 Å². The average molecular weight is 319 g/mol. The van der Waals surface area contributed by atoms with Gasteiger partial charge in [-0.2, -0.15) is 0 Å². The van der Waals surface area contributed by atoms with Gasteiger partial charge in [0.25, 0.3) is 0 Å². The number of pyridine rings is 1. The minimum atomic E-state index is -0.475. The predicted octanol–water partition coefficient (Wildman–Crippen LogP) is 4.37. The minimum absolute atomic E-state index is 0.0339. The van der Waals surface area contributed by atoms with Gasteiger partial charge in [0.2, 0.25) is 0 Å². The van der Waals surface area contributed by atoms with Crippen LogP contribution in [0.5, 0.6) is 0 Å². The number of ether oxygens (including phenoxy) is 1. The first-order valence-electron chi connectivity index (χ1n) is 8.61. The van der Waals surface area contributed by atoms with Crippen molar-refractivity contribution in [1.29, 1.82) is 0 Å². The summed E-state index contributed by atoms with van der Waals surface area (Å²) in [6.07, 6.45) is 5.69. The van der Waals surface area contributed by atoms with Crippen molar-refractivity contribution in [2.75, 3.05) is 18.4 Å². The summed E-state index contributed by atoms with van der Waals surface area (Å²) >= 11 is 0. The van der Waals surface area contributed by atoms with Crippen LogP contribution in [0.4, 0.5) is 10.6 Å². The molecule has 0 aliphatic carbocycles. The Morgan fingerprint density at radius 2 is 2.22 bits per heavy atom. The highest BCUT2D eigenvalue weighted by atomic mass is 16.6. The summed E-state index contributed by atoms with van der Waals surface area (Å²) in [5.74, 6) is 0.884. The first kappa shape index (κ1) is 17.6. The molecule has 1 aromatic rings. The molecule has 1 amide bonds. The van der Waals surface area contributed by atoms with Gasteiger partial charge in [0.15, 0.2) is 0 Å². The van der Waals surface area contributed by atoms with Crippen molar-refractivity contribution >= 4 is 11.9 Å². The van der Waals surface area contributed by atoms with Gasteiger partial charge < -0.3 is 15.0 Å². The number of nitrogens with one attached hydrogen (secondary N) is 1. The Morgan fingerprint density at radius 1 is 1.43 bits per heavy atom. The summed E-state index contributed by atoms with van der Waals surface area (Å²) in [6.45, 7) is 9.46. The number of likely N-dealkylation sites (tertiary alicyclic amines) is 1. The molecule has 128 valence electrons. The van der Waals surface area contributed by atoms with Gasteiger partial charge in [-0.3, -0.25) is 0 Å². The van der Waals surface area contributed by atoms with Crippen molar-refractivity contribution in [3.05, 3.63) is 23.9 Å². The maximum atomic E-state index is 12.6. The molecule has 1 aromatic heterocycles. The van der Waals surface area contributed by atoms with Crippen molar-refractivity contribution < 1.29 is 9.53 Å². The van der Waals surface area contributed by atoms with E-state index < -0.39 is 5.60 Å². The van der Waals surface area contributed by atoms with E-state index in [2.05, 4.69) is 23.3 Å². The number of anilines is 1. The third-order valence-corrected chi connectivity index (χ3v) is 3.87. The fourth-order valence-electron chi connectivity index (χ4n) is 2.87. The van der Waals surface area contributed by atoms with Crippen LogP contribution in [0.1, 0.15) is 65.0 Å². The van der Waals surface area contributed by atoms with Crippen LogP contribution in [0.25, 0.3) is 0 Å². The number of carbonyl (C=O) groups is 1. The van der Waals surface area contributed by atoms with E-state index in [-0.39, 0.29) is 12.1 Å². The third-order valence-electron chi connectivity index (χ3n) is 3.87. The molecule has 1 aliphatic rings. The van der Waals surface area contributed by atoms with Crippen LogP contribution in [0.3, 0.4) is 0 Å². The highest BCUT2D eigenvalue weighted by Gasteiger charge is 2.32. The van der Waals surface area contributed by atoms with Gasteiger partial charge in [-0.1, -0.05) is 13.0 Å². The first-order valence-corrected chi connectivity index (χ1v) is 8.61. The summed E-state index contributed by atoms with van der Waals surface area (Å²) in [7, 11) is 0. The number of hydrogen-bond donors (Lipinski definition) is 1. The highest BCUT2D eigenvalue weighted by Crippen LogP contribution is 2.35. The predicted molar refractivity (Wildman–Crippen MR) is 92.5 cm³/mol. The molecule has 0 saturated carbocycles. The summed E-state index contributed by atoms with van der Waals surface area (Å²) in [6, 6.07) is 4.04. The molecule has 0 aromatic carbocycles. The van der Waals surface area contributed by atoms with Crippen molar-refractivity contribution in [3.8, 4) is 0 Å². The Morgan fingerprint density at radius 3 is 2.91 bits per heavy atom. The van der Waals surface area contributed by atoms with Crippen LogP contribution in [-0.2, 0) is 4.74 Å². The minimum Gasteiger partial charge on any atom is -0.444 e. The van der Waals surface area contributed by atoms with Gasteiger partial charge >= 0.3 is 6.09 Å². The maximum Gasteiger partial charge on any atom is 0.410 e. The monoisotopic (exact) mass is 319 g/mol. The largest absolute Gasteiger partial charge is 0.444 e. The zero-order valence-corrected chi connectivity index (χ0v) is 14.8. The number of piperidine rings is 1. The molecule has 1 saturated heterocycles. The number of carbonyl (C=O) groups excluding carboxylic acids is 1. The fourth-order valence-corrected chi connectivity index (χ4v) is 2.87. The van der Waals surface area contributed by atoms with E-state index in [1.165, 1.54) is 0 Å². The fraction of sp³-hybridized carbons (Fsp3) is 0.667. The highest BCUT2D eigenvalue weighted by molar-refractivity contribution is 5.69. The normalized spacial score (nSPS) is 18.6. The number of aromatic nitrogens is 1. The van der Waals surface area contributed by atoms with Crippen LogP contribution < -0.4 is 5.32 Å². The van der Waals surface area contributed by atoms with E-state index in [0.717, 1.165) is 50.2 Å². The standard InChI is InChI=1S/C18H29N3O2/c1-5-11-19-16-14(9-8-12-20-16)15-10-6-7-13-21(15)17(22)23-18(2,3)4/h8-9,12,15H,5-7,10-11,13H2,1-4H3,(H,19,20)/t15-/m0/s1. The number of amides is 1. The second-order valence-corrected chi connectivity index (χ2v) is 7.05. The van der Waals surface area contributed by atoms with Gasteiger partial charge in [-0.25, -0.2) is 9.78 Å². The lowest BCUT2D eigenvalue weighted by Gasteiger charge is -2.37. The van der Waals surface area contributed by atoms with Gasteiger partial charge in [0.1, 0.15) is 11.4 Å². The van der Waals surface area contributed by atoms with Crippen molar-refractivity contribution in [3.63, 3.8) is 0 Å². The molecule has 1 fully saturated rings. The molecule has 0 radical (unpaired) electrons. The van der Waals surface area contributed by atoms with E-state index in [1.54, 1.807) is 6.20 Å². The van der Waals surface area contributed by atoms with Gasteiger partial charge in [-0.15, -0.1) is 0 Å². The summed E-state index contributed by atoms with van der Waals surface area (Å²) in [4.78, 5) is 18.9. The lowest BCUT2D eigenvalue weighted by atomic mass is 9.96. The second kappa shape index (κ2) is 7.66. The maximum absolute atomic E-state index is 12.6. The van der Waals surface area contributed by atoms with Gasteiger partial charge in [0.05, 0.1) is 6.04 Å².